The van der Waals surface area contributed by atoms with Crippen molar-refractivity contribution >= 4 is 22.8 Å². The van der Waals surface area contributed by atoms with Gasteiger partial charge in [-0.05, 0) is 30.5 Å². The number of nitrogens with one attached hydrogen (secondary N) is 3. The fourth-order valence-corrected chi connectivity index (χ4v) is 3.05. The van der Waals surface area contributed by atoms with E-state index in [-0.39, 0.29) is 6.03 Å². The number of benzene rings is 1. The van der Waals surface area contributed by atoms with Crippen molar-refractivity contribution < 1.29 is 4.79 Å². The molecule has 1 aliphatic rings. The Labute approximate surface area is 124 Å². The molecule has 0 atom stereocenters. The number of anilines is 1. The maximum atomic E-state index is 11.9. The van der Waals surface area contributed by atoms with Gasteiger partial charge >= 0.3 is 6.03 Å². The van der Waals surface area contributed by atoms with Crippen LogP contribution in [0.4, 0.5) is 10.5 Å². The molecule has 0 aliphatic heterocycles. The lowest BCUT2D eigenvalue weighted by molar-refractivity contribution is 0.250. The lowest BCUT2D eigenvalue weighted by Gasteiger charge is -2.21. The Morgan fingerprint density at radius 1 is 1.29 bits per heavy atom. The number of rotatable bonds is 4. The molecule has 1 aromatic carbocycles. The Morgan fingerprint density at radius 2 is 2.14 bits per heavy atom. The maximum absolute atomic E-state index is 11.9. The number of nitrogens with zero attached hydrogens (tertiary/aromatic N) is 1. The van der Waals surface area contributed by atoms with E-state index in [0.717, 1.165) is 35.6 Å². The van der Waals surface area contributed by atoms with Crippen LogP contribution in [0.25, 0.3) is 11.0 Å². The van der Waals surface area contributed by atoms with Crippen LogP contribution >= 0.6 is 0 Å². The third-order valence-electron chi connectivity index (χ3n) is 4.24. The molecule has 1 aliphatic carbocycles. The number of aromatic amines is 1. The Hall–Kier alpha value is -2.04. The molecule has 112 valence electrons. The second kappa shape index (κ2) is 6.61. The highest BCUT2D eigenvalue weighted by Gasteiger charge is 2.13. The summed E-state index contributed by atoms with van der Waals surface area (Å²) in [6.45, 7) is 0.753. The van der Waals surface area contributed by atoms with Gasteiger partial charge in [-0.3, -0.25) is 0 Å². The van der Waals surface area contributed by atoms with E-state index in [1.54, 1.807) is 6.33 Å². The molecule has 21 heavy (non-hydrogen) atoms. The van der Waals surface area contributed by atoms with Crippen LogP contribution in [0.3, 0.4) is 0 Å². The van der Waals surface area contributed by atoms with Gasteiger partial charge in [0.15, 0.2) is 0 Å². The van der Waals surface area contributed by atoms with E-state index >= 15 is 0 Å². The van der Waals surface area contributed by atoms with Gasteiger partial charge in [-0.1, -0.05) is 32.1 Å². The SMILES string of the molecule is O=C(NCCC1CCCCC1)Nc1ccc2nc[nH]c2c1. The first kappa shape index (κ1) is 13.9. The lowest BCUT2D eigenvalue weighted by atomic mass is 9.87. The molecular formula is C16H22N4O. The third-order valence-corrected chi connectivity index (χ3v) is 4.24. The van der Waals surface area contributed by atoms with Gasteiger partial charge in [0.05, 0.1) is 17.4 Å². The highest BCUT2D eigenvalue weighted by Crippen LogP contribution is 2.25. The summed E-state index contributed by atoms with van der Waals surface area (Å²) in [6, 6.07) is 5.51. The summed E-state index contributed by atoms with van der Waals surface area (Å²) in [4.78, 5) is 19.1. The van der Waals surface area contributed by atoms with Crippen LogP contribution in [0.2, 0.25) is 0 Å². The first-order valence-corrected chi connectivity index (χ1v) is 7.79. The molecule has 5 nitrogen and oxygen atoms in total. The number of amides is 2. The zero-order chi connectivity index (χ0) is 14.5. The van der Waals surface area contributed by atoms with Gasteiger partial charge in [0.25, 0.3) is 0 Å². The molecule has 0 radical (unpaired) electrons. The number of urea groups is 1. The van der Waals surface area contributed by atoms with Crippen LogP contribution in [0.15, 0.2) is 24.5 Å². The van der Waals surface area contributed by atoms with Crippen molar-refractivity contribution in [1.29, 1.82) is 0 Å². The summed E-state index contributed by atoms with van der Waals surface area (Å²) in [6.07, 6.45) is 9.45. The molecule has 1 fully saturated rings. The minimum Gasteiger partial charge on any atom is -0.345 e. The van der Waals surface area contributed by atoms with Crippen LogP contribution in [-0.2, 0) is 0 Å². The van der Waals surface area contributed by atoms with Gasteiger partial charge in [0.2, 0.25) is 0 Å². The van der Waals surface area contributed by atoms with E-state index in [4.69, 9.17) is 0 Å². The summed E-state index contributed by atoms with van der Waals surface area (Å²) in [5.74, 6) is 0.792. The van der Waals surface area contributed by atoms with Crippen LogP contribution < -0.4 is 10.6 Å². The largest absolute Gasteiger partial charge is 0.345 e. The molecule has 1 saturated carbocycles. The van der Waals surface area contributed by atoms with E-state index in [9.17, 15) is 4.79 Å². The highest BCUT2D eigenvalue weighted by molar-refractivity contribution is 5.91. The van der Waals surface area contributed by atoms with Crippen molar-refractivity contribution in [2.24, 2.45) is 5.92 Å². The van der Waals surface area contributed by atoms with Crippen molar-refractivity contribution in [1.82, 2.24) is 15.3 Å². The number of fused-ring (bicyclic) bond motifs is 1. The van der Waals surface area contributed by atoms with E-state index in [1.165, 1.54) is 32.1 Å². The average molecular weight is 286 g/mol. The second-order valence-corrected chi connectivity index (χ2v) is 5.81. The molecule has 2 aromatic rings. The monoisotopic (exact) mass is 286 g/mol. The van der Waals surface area contributed by atoms with E-state index in [2.05, 4.69) is 20.6 Å². The Kier molecular flexibility index (Phi) is 4.38. The van der Waals surface area contributed by atoms with Crippen molar-refractivity contribution in [3.63, 3.8) is 0 Å². The number of imidazole rings is 1. The summed E-state index contributed by atoms with van der Waals surface area (Å²) in [7, 11) is 0. The lowest BCUT2D eigenvalue weighted by Crippen LogP contribution is -2.30. The van der Waals surface area contributed by atoms with Crippen molar-refractivity contribution in [2.75, 3.05) is 11.9 Å². The summed E-state index contributed by atoms with van der Waals surface area (Å²) < 4.78 is 0. The number of H-pyrrole nitrogens is 1. The first-order valence-electron chi connectivity index (χ1n) is 7.79. The molecule has 2 amide bonds. The van der Waals surface area contributed by atoms with E-state index in [1.807, 2.05) is 18.2 Å². The van der Waals surface area contributed by atoms with Crippen molar-refractivity contribution in [3.05, 3.63) is 24.5 Å². The van der Waals surface area contributed by atoms with Crippen LogP contribution in [0, 0.1) is 5.92 Å². The molecule has 1 heterocycles. The third kappa shape index (κ3) is 3.74. The molecular weight excluding hydrogens is 264 g/mol. The second-order valence-electron chi connectivity index (χ2n) is 5.81. The summed E-state index contributed by atoms with van der Waals surface area (Å²) >= 11 is 0. The number of carbonyl (C=O) groups is 1. The fraction of sp³-hybridized carbons (Fsp3) is 0.500. The number of hydrogen-bond donors (Lipinski definition) is 3. The van der Waals surface area contributed by atoms with Gasteiger partial charge in [-0.2, -0.15) is 0 Å². The predicted molar refractivity (Wildman–Crippen MR) is 84.3 cm³/mol. The fourth-order valence-electron chi connectivity index (χ4n) is 3.05. The summed E-state index contributed by atoms with van der Waals surface area (Å²) in [5.41, 5.74) is 2.61. The van der Waals surface area contributed by atoms with Gasteiger partial charge < -0.3 is 15.6 Å². The molecule has 0 spiro atoms. The normalized spacial score (nSPS) is 16.0. The molecule has 3 rings (SSSR count). The zero-order valence-electron chi connectivity index (χ0n) is 12.2. The predicted octanol–water partition coefficient (Wildman–Crippen LogP) is 3.65. The van der Waals surface area contributed by atoms with Gasteiger partial charge in [-0.25, -0.2) is 9.78 Å². The van der Waals surface area contributed by atoms with E-state index < -0.39 is 0 Å². The maximum Gasteiger partial charge on any atom is 0.319 e. The van der Waals surface area contributed by atoms with Gasteiger partial charge in [0, 0.05) is 12.2 Å². The van der Waals surface area contributed by atoms with Crippen LogP contribution in [0.5, 0.6) is 0 Å². The van der Waals surface area contributed by atoms with Crippen molar-refractivity contribution in [2.45, 2.75) is 38.5 Å². The Bertz CT molecular complexity index is 601. The van der Waals surface area contributed by atoms with Gasteiger partial charge in [-0.15, -0.1) is 0 Å². The first-order chi connectivity index (χ1) is 10.3. The molecule has 0 saturated heterocycles. The van der Waals surface area contributed by atoms with Crippen LogP contribution in [0.1, 0.15) is 38.5 Å². The van der Waals surface area contributed by atoms with E-state index in [0.29, 0.717) is 0 Å². The van der Waals surface area contributed by atoms with Crippen molar-refractivity contribution in [3.8, 4) is 0 Å². The molecule has 3 N–H and O–H groups in total. The Morgan fingerprint density at radius 3 is 3.00 bits per heavy atom. The molecule has 0 bridgehead atoms. The minimum absolute atomic E-state index is 0.135. The van der Waals surface area contributed by atoms with Crippen LogP contribution in [-0.4, -0.2) is 22.5 Å². The molecule has 1 aromatic heterocycles. The Balaban J connectivity index is 1.44. The zero-order valence-corrected chi connectivity index (χ0v) is 12.2. The molecule has 5 heteroatoms. The number of carbonyl (C=O) groups excluding carboxylic acids is 1. The highest BCUT2D eigenvalue weighted by atomic mass is 16.2. The standard InChI is InChI=1S/C16H22N4O/c21-16(17-9-8-12-4-2-1-3-5-12)20-13-6-7-14-15(10-13)19-11-18-14/h6-7,10-12H,1-5,8-9H2,(H,18,19)(H2,17,20,21). The minimum atomic E-state index is -0.135. The number of hydrogen-bond acceptors (Lipinski definition) is 2. The van der Waals surface area contributed by atoms with Gasteiger partial charge in [0.1, 0.15) is 0 Å². The number of aromatic nitrogens is 2. The summed E-state index contributed by atoms with van der Waals surface area (Å²) in [5, 5.41) is 5.81. The average Bonchev–Trinajstić information content (AvgIpc) is 2.96. The smallest absolute Gasteiger partial charge is 0.319 e. The molecule has 0 unspecified atom stereocenters. The quantitative estimate of drug-likeness (QED) is 0.803. The topological polar surface area (TPSA) is 69.8 Å².